The van der Waals surface area contributed by atoms with E-state index < -0.39 is 62.9 Å². The van der Waals surface area contributed by atoms with Gasteiger partial charge in [-0.2, -0.15) is 17.2 Å². The van der Waals surface area contributed by atoms with Crippen LogP contribution in [0.1, 0.15) is 32.1 Å². The predicted molar refractivity (Wildman–Crippen MR) is 78.3 cm³/mol. The molecule has 4 fully saturated rings. The van der Waals surface area contributed by atoms with Gasteiger partial charge in [0.2, 0.25) is 0 Å². The van der Waals surface area contributed by atoms with Crippen molar-refractivity contribution in [2.45, 2.75) is 55.2 Å². The van der Waals surface area contributed by atoms with Crippen LogP contribution in [0, 0.1) is 23.7 Å². The van der Waals surface area contributed by atoms with E-state index in [0.29, 0.717) is 19.3 Å². The number of carbonyl (C=O) groups excluding carboxylic acids is 2. The van der Waals surface area contributed by atoms with Crippen molar-refractivity contribution in [2.24, 2.45) is 23.7 Å². The first kappa shape index (κ1) is 18.1. The largest absolute Gasteiger partial charge is 0.465 e. The second-order valence-electron chi connectivity index (χ2n) is 7.69. The van der Waals surface area contributed by atoms with Crippen LogP contribution in [0.2, 0.25) is 0 Å². The topological polar surface area (TPSA) is 127 Å². The number of ether oxygens (including phenoxy) is 2. The zero-order chi connectivity index (χ0) is 19.1. The quantitative estimate of drug-likeness (QED) is 0.519. The fraction of sp³-hybridized carbons (Fsp3) is 0.867. The first-order chi connectivity index (χ1) is 12.0. The van der Waals surface area contributed by atoms with Gasteiger partial charge in [-0.1, -0.05) is 12.8 Å². The molecule has 0 amide bonds. The molecule has 1 heterocycles. The molecule has 1 aliphatic heterocycles. The van der Waals surface area contributed by atoms with E-state index in [1.54, 1.807) is 0 Å². The highest BCUT2D eigenvalue weighted by Crippen LogP contribution is 2.63. The predicted octanol–water partition coefficient (Wildman–Crippen LogP) is 0.491. The Morgan fingerprint density at radius 3 is 2.46 bits per heavy atom. The van der Waals surface area contributed by atoms with Gasteiger partial charge in [-0.3, -0.25) is 9.35 Å². The van der Waals surface area contributed by atoms with Gasteiger partial charge < -0.3 is 14.6 Å². The van der Waals surface area contributed by atoms with Crippen molar-refractivity contribution in [2.75, 3.05) is 0 Å². The highest BCUT2D eigenvalue weighted by molar-refractivity contribution is 7.87. The Bertz CT molecular complexity index is 760. The van der Waals surface area contributed by atoms with Crippen molar-refractivity contribution in [1.82, 2.24) is 0 Å². The van der Waals surface area contributed by atoms with Gasteiger partial charge in [0.1, 0.15) is 12.2 Å². The molecule has 4 rings (SSSR count). The summed E-state index contributed by atoms with van der Waals surface area (Å²) < 4.78 is 67.1. The molecule has 3 saturated carbocycles. The minimum Gasteiger partial charge on any atom is -0.458 e. The van der Waals surface area contributed by atoms with Crippen LogP contribution in [0.4, 0.5) is 8.78 Å². The van der Waals surface area contributed by atoms with Crippen LogP contribution in [0.3, 0.4) is 0 Å². The lowest BCUT2D eigenvalue weighted by atomic mass is 9.68. The van der Waals surface area contributed by atoms with Gasteiger partial charge in [-0.15, -0.1) is 0 Å². The Hall–Kier alpha value is -1.33. The molecule has 0 aromatic rings. The highest BCUT2D eigenvalue weighted by atomic mass is 32.2. The lowest BCUT2D eigenvalue weighted by Crippen LogP contribution is -2.51. The normalized spacial score (nSPS) is 40.7. The number of aliphatic hydroxyl groups is 1. The molecule has 6 atom stereocenters. The van der Waals surface area contributed by atoms with Gasteiger partial charge in [0.25, 0.3) is 0 Å². The van der Waals surface area contributed by atoms with Crippen LogP contribution >= 0.6 is 0 Å². The van der Waals surface area contributed by atoms with Gasteiger partial charge in [0, 0.05) is 17.8 Å². The molecular weight excluding hydrogens is 378 g/mol. The molecule has 1 saturated heterocycles. The summed E-state index contributed by atoms with van der Waals surface area (Å²) in [6, 6.07) is 0. The number of rotatable bonds is 4. The summed E-state index contributed by atoms with van der Waals surface area (Å²) in [5, 5.41) is 5.85. The molecule has 6 unspecified atom stereocenters. The maximum absolute atomic E-state index is 13.5. The van der Waals surface area contributed by atoms with Crippen LogP contribution in [-0.2, 0) is 29.2 Å². The molecule has 26 heavy (non-hydrogen) atoms. The molecule has 0 aromatic heterocycles. The number of halogens is 2. The van der Waals surface area contributed by atoms with E-state index in [2.05, 4.69) is 0 Å². The number of fused-ring (bicyclic) bond motifs is 1. The van der Waals surface area contributed by atoms with Gasteiger partial charge in [-0.05, 0) is 19.3 Å². The zero-order valence-electron chi connectivity index (χ0n) is 13.5. The fourth-order valence-electron chi connectivity index (χ4n) is 5.50. The molecule has 11 heteroatoms. The van der Waals surface area contributed by atoms with Crippen LogP contribution in [-0.4, -0.2) is 53.1 Å². The molecule has 0 radical (unpaired) electrons. The third-order valence-corrected chi connectivity index (χ3v) is 7.26. The summed E-state index contributed by atoms with van der Waals surface area (Å²) >= 11 is 0. The molecule has 0 aromatic carbocycles. The molecule has 0 spiro atoms. The maximum Gasteiger partial charge on any atom is 0.465 e. The molecule has 2 bridgehead atoms. The van der Waals surface area contributed by atoms with E-state index >= 15 is 0 Å². The highest BCUT2D eigenvalue weighted by Gasteiger charge is 2.72. The lowest BCUT2D eigenvalue weighted by molar-refractivity contribution is -0.180. The minimum absolute atomic E-state index is 0.362. The fourth-order valence-corrected chi connectivity index (χ4v) is 5.76. The van der Waals surface area contributed by atoms with E-state index in [0.717, 1.165) is 12.8 Å². The van der Waals surface area contributed by atoms with E-state index in [9.17, 15) is 31.9 Å². The third-order valence-electron chi connectivity index (χ3n) is 6.44. The zero-order valence-corrected chi connectivity index (χ0v) is 14.3. The molecule has 8 nitrogen and oxygen atoms in total. The van der Waals surface area contributed by atoms with Crippen molar-refractivity contribution in [3.63, 3.8) is 0 Å². The van der Waals surface area contributed by atoms with Crippen molar-refractivity contribution >= 4 is 22.1 Å². The first-order valence-electron chi connectivity index (χ1n) is 8.46. The summed E-state index contributed by atoms with van der Waals surface area (Å²) in [5.74, 6) is -5.05. The Labute approximate surface area is 147 Å². The maximum atomic E-state index is 13.5. The van der Waals surface area contributed by atoms with Crippen LogP contribution < -0.4 is 0 Å². The van der Waals surface area contributed by atoms with Gasteiger partial charge in [0.15, 0.2) is 0 Å². The first-order valence-corrected chi connectivity index (χ1v) is 9.90. The third kappa shape index (κ3) is 2.26. The number of alkyl halides is 2. The number of hydrogen-bond donors (Lipinski definition) is 2. The molecule has 2 N–H and O–H groups in total. The van der Waals surface area contributed by atoms with E-state index in [4.69, 9.17) is 14.0 Å². The SMILES string of the molecule is O=C1OC2C3CC(C2OC(=O)C(F)(F)S(=O)(=O)O)C(C2(O)CCCC2)C13. The monoisotopic (exact) mass is 396 g/mol. The van der Waals surface area contributed by atoms with Crippen LogP contribution in [0.5, 0.6) is 0 Å². The Morgan fingerprint density at radius 2 is 1.88 bits per heavy atom. The second kappa shape index (κ2) is 5.35. The summed E-state index contributed by atoms with van der Waals surface area (Å²) in [6.45, 7) is 0. The minimum atomic E-state index is -5.99. The summed E-state index contributed by atoms with van der Waals surface area (Å²) in [7, 11) is -5.99. The van der Waals surface area contributed by atoms with E-state index in [1.807, 2.05) is 0 Å². The number of esters is 2. The molecular formula is C15H18F2O8S. The van der Waals surface area contributed by atoms with Crippen LogP contribution in [0.15, 0.2) is 0 Å². The molecule has 4 aliphatic rings. The van der Waals surface area contributed by atoms with Gasteiger partial charge in [0.05, 0.1) is 11.5 Å². The van der Waals surface area contributed by atoms with Crippen molar-refractivity contribution in [1.29, 1.82) is 0 Å². The van der Waals surface area contributed by atoms with Gasteiger partial charge >= 0.3 is 27.3 Å². The summed E-state index contributed by atoms with van der Waals surface area (Å²) in [5.41, 5.74) is -1.16. The molecule has 146 valence electrons. The van der Waals surface area contributed by atoms with Gasteiger partial charge in [-0.25, -0.2) is 4.79 Å². The van der Waals surface area contributed by atoms with Crippen molar-refractivity contribution in [3.05, 3.63) is 0 Å². The average Bonchev–Trinajstić information content (AvgIpc) is 3.23. The van der Waals surface area contributed by atoms with E-state index in [1.165, 1.54) is 0 Å². The number of carbonyl (C=O) groups is 2. The smallest absolute Gasteiger partial charge is 0.458 e. The van der Waals surface area contributed by atoms with Crippen molar-refractivity contribution < 1.29 is 45.9 Å². The number of hydrogen-bond acceptors (Lipinski definition) is 7. The standard InChI is InChI=1S/C15H18F2O8S/c16-15(17,26(21,22)23)13(19)25-11-7-5-6-8(12(18)24-10(6)11)9(7)14(20)3-1-2-4-14/h6-11,20H,1-5H2,(H,21,22,23). The van der Waals surface area contributed by atoms with E-state index in [-0.39, 0.29) is 5.92 Å². The summed E-state index contributed by atoms with van der Waals surface area (Å²) in [6.07, 6.45) is 0.608. The Kier molecular flexibility index (Phi) is 3.72. The van der Waals surface area contributed by atoms with Crippen LogP contribution in [0.25, 0.3) is 0 Å². The Balaban J connectivity index is 1.63. The lowest BCUT2D eigenvalue weighted by Gasteiger charge is -2.40. The second-order valence-corrected chi connectivity index (χ2v) is 9.15. The van der Waals surface area contributed by atoms with Crippen molar-refractivity contribution in [3.8, 4) is 0 Å². The Morgan fingerprint density at radius 1 is 1.27 bits per heavy atom. The average molecular weight is 396 g/mol. The molecule has 3 aliphatic carbocycles. The summed E-state index contributed by atoms with van der Waals surface area (Å²) in [4.78, 5) is 23.9.